The smallest absolute Gasteiger partial charge is 0.251 e. The largest absolute Gasteiger partial charge is 0.352 e. The molecule has 20 heavy (non-hydrogen) atoms. The Morgan fingerprint density at radius 2 is 1.80 bits per heavy atom. The number of rotatable bonds is 2. The highest BCUT2D eigenvalue weighted by atomic mass is 16.3. The lowest BCUT2D eigenvalue weighted by molar-refractivity contribution is 0.0955. The summed E-state index contributed by atoms with van der Waals surface area (Å²) in [6, 6.07) is 14.8. The number of amides is 1. The van der Waals surface area contributed by atoms with Crippen LogP contribution in [0.5, 0.6) is 5.75 Å². The van der Waals surface area contributed by atoms with Gasteiger partial charge in [0.2, 0.25) is 0 Å². The van der Waals surface area contributed by atoms with Crippen LogP contribution >= 0.6 is 0 Å². The van der Waals surface area contributed by atoms with Gasteiger partial charge in [-0.3, -0.25) is 9.90 Å². The second kappa shape index (κ2) is 4.85. The molecule has 0 spiro atoms. The van der Waals surface area contributed by atoms with Gasteiger partial charge in [-0.15, -0.1) is 0 Å². The van der Waals surface area contributed by atoms with E-state index < -0.39 is 0 Å². The van der Waals surface area contributed by atoms with Gasteiger partial charge in [0.25, 0.3) is 5.91 Å². The first-order chi connectivity index (χ1) is 9.70. The van der Waals surface area contributed by atoms with Gasteiger partial charge in [0.05, 0.1) is 0 Å². The second-order valence-corrected chi connectivity index (χ2v) is 4.72. The van der Waals surface area contributed by atoms with Crippen molar-refractivity contribution in [3.63, 3.8) is 0 Å². The molecule has 99 valence electrons. The van der Waals surface area contributed by atoms with E-state index in [1.54, 1.807) is 6.07 Å². The monoisotopic (exact) mass is 264 g/mol. The van der Waals surface area contributed by atoms with Crippen molar-refractivity contribution in [3.8, 4) is 5.75 Å². The Hall–Kier alpha value is -2.55. The average molecular weight is 264 g/mol. The predicted molar refractivity (Wildman–Crippen MR) is 79.6 cm³/mol. The molecule has 3 nitrogen and oxygen atoms in total. The van der Waals surface area contributed by atoms with Gasteiger partial charge in [-0.2, -0.15) is 0 Å². The van der Waals surface area contributed by atoms with Crippen molar-refractivity contribution in [2.24, 2.45) is 0 Å². The van der Waals surface area contributed by atoms with Crippen LogP contribution < -0.4 is 5.32 Å². The molecule has 1 N–H and O–H groups in total. The molecule has 0 saturated carbocycles. The van der Waals surface area contributed by atoms with Crippen molar-refractivity contribution in [1.29, 1.82) is 0 Å². The molecule has 0 unspecified atom stereocenters. The van der Waals surface area contributed by atoms with E-state index in [4.69, 9.17) is 0 Å². The average Bonchev–Trinajstić information content (AvgIpc) is 2.47. The third kappa shape index (κ3) is 1.97. The van der Waals surface area contributed by atoms with E-state index >= 15 is 0 Å². The quantitative estimate of drug-likeness (QED) is 0.701. The number of carbonyl (C=O) groups excluding carboxylic acids is 1. The first-order valence-electron chi connectivity index (χ1n) is 6.61. The molecule has 0 aliphatic carbocycles. The Bertz CT molecular complexity index is 809. The molecule has 0 aromatic heterocycles. The van der Waals surface area contributed by atoms with E-state index in [1.165, 1.54) is 6.07 Å². The van der Waals surface area contributed by atoms with E-state index in [-0.39, 0.29) is 11.7 Å². The van der Waals surface area contributed by atoms with Crippen LogP contribution in [0.2, 0.25) is 0 Å². The van der Waals surface area contributed by atoms with Crippen LogP contribution in [-0.2, 0) is 5.11 Å². The minimum atomic E-state index is -0.209. The van der Waals surface area contributed by atoms with Crippen LogP contribution in [0.3, 0.4) is 0 Å². The van der Waals surface area contributed by atoms with E-state index in [0.717, 1.165) is 16.2 Å². The summed E-state index contributed by atoms with van der Waals surface area (Å²) in [6.07, 6.45) is 0. The van der Waals surface area contributed by atoms with Crippen LogP contribution in [0.15, 0.2) is 48.5 Å². The standard InChI is InChI=1S/C17H14NO2/c1-2-18-17(20)12-9-15-13-6-4-3-5-11(13)7-8-14(15)16(19)10-12/h3-10H,2H2,1H3,(H,18,20). The third-order valence-corrected chi connectivity index (χ3v) is 3.42. The molecule has 0 aliphatic heterocycles. The second-order valence-electron chi connectivity index (χ2n) is 4.72. The Kier molecular flexibility index (Phi) is 3.03. The summed E-state index contributed by atoms with van der Waals surface area (Å²) in [5.74, 6) is -0.325. The summed E-state index contributed by atoms with van der Waals surface area (Å²) in [5.41, 5.74) is 0.417. The van der Waals surface area contributed by atoms with Gasteiger partial charge in [-0.25, -0.2) is 0 Å². The van der Waals surface area contributed by atoms with E-state index in [9.17, 15) is 9.90 Å². The number of hydrogen-bond acceptors (Lipinski definition) is 1. The number of carbonyl (C=O) groups is 1. The normalized spacial score (nSPS) is 10.8. The molecule has 0 atom stereocenters. The molecule has 0 fully saturated rings. The molecule has 1 amide bonds. The topological polar surface area (TPSA) is 49.0 Å². The van der Waals surface area contributed by atoms with Crippen molar-refractivity contribution in [3.05, 3.63) is 54.1 Å². The van der Waals surface area contributed by atoms with Gasteiger partial charge in [-0.1, -0.05) is 30.3 Å². The predicted octanol–water partition coefficient (Wildman–Crippen LogP) is 3.89. The Labute approximate surface area is 116 Å². The lowest BCUT2D eigenvalue weighted by atomic mass is 9.99. The highest BCUT2D eigenvalue weighted by molar-refractivity contribution is 6.12. The number of nitrogens with one attached hydrogen (secondary N) is 1. The molecular weight excluding hydrogens is 250 g/mol. The summed E-state index contributed by atoms with van der Waals surface area (Å²) < 4.78 is 0. The zero-order valence-corrected chi connectivity index (χ0v) is 11.1. The van der Waals surface area contributed by atoms with Crippen molar-refractivity contribution in [2.75, 3.05) is 6.54 Å². The van der Waals surface area contributed by atoms with Crippen molar-refractivity contribution in [2.45, 2.75) is 6.92 Å². The van der Waals surface area contributed by atoms with Crippen LogP contribution in [0.4, 0.5) is 0 Å². The highest BCUT2D eigenvalue weighted by Gasteiger charge is 2.12. The fourth-order valence-electron chi connectivity index (χ4n) is 2.48. The third-order valence-electron chi connectivity index (χ3n) is 3.42. The fourth-order valence-corrected chi connectivity index (χ4v) is 2.48. The summed E-state index contributed by atoms with van der Waals surface area (Å²) in [6.45, 7) is 2.40. The van der Waals surface area contributed by atoms with Crippen LogP contribution in [0, 0.1) is 0 Å². The summed E-state index contributed by atoms with van der Waals surface area (Å²) >= 11 is 0. The van der Waals surface area contributed by atoms with Gasteiger partial charge >= 0.3 is 0 Å². The first kappa shape index (κ1) is 12.5. The molecule has 3 aromatic carbocycles. The van der Waals surface area contributed by atoms with Gasteiger partial charge in [0.1, 0.15) is 0 Å². The maximum Gasteiger partial charge on any atom is 0.251 e. The molecule has 1 radical (unpaired) electrons. The van der Waals surface area contributed by atoms with Gasteiger partial charge < -0.3 is 5.32 Å². The Morgan fingerprint density at radius 1 is 1.00 bits per heavy atom. The molecule has 3 aromatic rings. The van der Waals surface area contributed by atoms with Crippen LogP contribution in [0.25, 0.3) is 21.5 Å². The maximum absolute atomic E-state index is 12.2. The maximum atomic E-state index is 12.2. The minimum absolute atomic E-state index is 0.116. The SMILES string of the molecule is CCNC(=O)c1cc([O])c2ccc3ccccc3c2c1. The zero-order chi connectivity index (χ0) is 14.1. The number of fused-ring (bicyclic) bond motifs is 3. The Balaban J connectivity index is 2.32. The summed E-state index contributed by atoms with van der Waals surface area (Å²) in [5, 5.41) is 18.4. The molecule has 3 heteroatoms. The summed E-state index contributed by atoms with van der Waals surface area (Å²) in [4.78, 5) is 11.9. The summed E-state index contributed by atoms with van der Waals surface area (Å²) in [7, 11) is 0. The van der Waals surface area contributed by atoms with Gasteiger partial charge in [-0.05, 0) is 41.3 Å². The van der Waals surface area contributed by atoms with Crippen molar-refractivity contribution < 1.29 is 9.90 Å². The highest BCUT2D eigenvalue weighted by Crippen LogP contribution is 2.32. The lowest BCUT2D eigenvalue weighted by Gasteiger charge is -2.08. The molecule has 3 rings (SSSR count). The Morgan fingerprint density at radius 3 is 2.60 bits per heavy atom. The molecule has 0 bridgehead atoms. The molecular formula is C17H14NO2. The molecule has 0 aliphatic rings. The number of hydrogen-bond donors (Lipinski definition) is 1. The minimum Gasteiger partial charge on any atom is -0.352 e. The van der Waals surface area contributed by atoms with Crippen LogP contribution in [-0.4, -0.2) is 12.5 Å². The van der Waals surface area contributed by atoms with E-state index in [2.05, 4.69) is 5.32 Å². The van der Waals surface area contributed by atoms with Crippen molar-refractivity contribution in [1.82, 2.24) is 5.32 Å². The van der Waals surface area contributed by atoms with E-state index in [0.29, 0.717) is 17.5 Å². The van der Waals surface area contributed by atoms with Gasteiger partial charge in [0, 0.05) is 17.5 Å². The van der Waals surface area contributed by atoms with Crippen LogP contribution in [0.1, 0.15) is 17.3 Å². The van der Waals surface area contributed by atoms with Gasteiger partial charge in [0.15, 0.2) is 5.75 Å². The van der Waals surface area contributed by atoms with Crippen molar-refractivity contribution >= 4 is 27.5 Å². The lowest BCUT2D eigenvalue weighted by Crippen LogP contribution is -2.22. The van der Waals surface area contributed by atoms with E-state index in [1.807, 2.05) is 43.3 Å². The first-order valence-corrected chi connectivity index (χ1v) is 6.61. The number of benzene rings is 3. The molecule has 0 saturated heterocycles. The zero-order valence-electron chi connectivity index (χ0n) is 11.1. The fraction of sp³-hybridized carbons (Fsp3) is 0.118. The molecule has 0 heterocycles.